The molecule has 1 saturated carbocycles. The van der Waals surface area contributed by atoms with Crippen LogP contribution in [0.1, 0.15) is 33.6 Å². The minimum absolute atomic E-state index is 0.0972. The lowest BCUT2D eigenvalue weighted by Crippen LogP contribution is -2.40. The quantitative estimate of drug-likeness (QED) is 0.555. The van der Waals surface area contributed by atoms with Crippen molar-refractivity contribution in [3.8, 4) is 0 Å². The van der Waals surface area contributed by atoms with Gasteiger partial charge in [-0.05, 0) is 27.2 Å². The molecule has 0 amide bonds. The Balaban J connectivity index is 2.32. The highest BCUT2D eigenvalue weighted by Gasteiger charge is 2.32. The maximum absolute atomic E-state index is 10.8. The van der Waals surface area contributed by atoms with E-state index in [4.69, 9.17) is 4.74 Å². The Morgan fingerprint density at radius 3 is 2.20 bits per heavy atom. The Kier molecular flexibility index (Phi) is 1.82. The SMILES string of the molecule is CC(C)(C)OC1CCC1=O. The number of rotatable bonds is 1. The van der Waals surface area contributed by atoms with Gasteiger partial charge in [0, 0.05) is 6.42 Å². The van der Waals surface area contributed by atoms with E-state index >= 15 is 0 Å². The molecule has 1 aliphatic rings. The van der Waals surface area contributed by atoms with Gasteiger partial charge in [0.1, 0.15) is 6.10 Å². The molecule has 0 radical (unpaired) electrons. The summed E-state index contributed by atoms with van der Waals surface area (Å²) in [4.78, 5) is 10.8. The summed E-state index contributed by atoms with van der Waals surface area (Å²) in [6, 6.07) is 0. The molecule has 1 aliphatic carbocycles. The van der Waals surface area contributed by atoms with Crippen molar-refractivity contribution in [3.63, 3.8) is 0 Å². The monoisotopic (exact) mass is 142 g/mol. The van der Waals surface area contributed by atoms with Crippen LogP contribution in [0, 0.1) is 0 Å². The highest BCUT2D eigenvalue weighted by molar-refractivity contribution is 5.88. The van der Waals surface area contributed by atoms with Crippen LogP contribution < -0.4 is 0 Å². The number of Topliss-reactive ketones (excluding diaryl/α,β-unsaturated/α-hetero) is 1. The number of carbonyl (C=O) groups is 1. The zero-order valence-corrected chi connectivity index (χ0v) is 6.81. The Labute approximate surface area is 61.6 Å². The van der Waals surface area contributed by atoms with Gasteiger partial charge >= 0.3 is 0 Å². The first kappa shape index (κ1) is 7.73. The van der Waals surface area contributed by atoms with Crippen LogP contribution in [0.5, 0.6) is 0 Å². The summed E-state index contributed by atoms with van der Waals surface area (Å²) in [6.07, 6.45) is 1.52. The van der Waals surface area contributed by atoms with E-state index in [0.717, 1.165) is 6.42 Å². The maximum Gasteiger partial charge on any atom is 0.161 e. The average Bonchev–Trinajstić information content (AvgIpc) is 1.78. The van der Waals surface area contributed by atoms with Crippen LogP contribution in [0.2, 0.25) is 0 Å². The zero-order valence-electron chi connectivity index (χ0n) is 6.81. The largest absolute Gasteiger partial charge is 0.365 e. The fraction of sp³-hybridized carbons (Fsp3) is 0.875. The van der Waals surface area contributed by atoms with E-state index < -0.39 is 0 Å². The van der Waals surface area contributed by atoms with Gasteiger partial charge in [-0.1, -0.05) is 0 Å². The molecule has 1 fully saturated rings. The van der Waals surface area contributed by atoms with Crippen molar-refractivity contribution >= 4 is 5.78 Å². The van der Waals surface area contributed by atoms with Crippen LogP contribution in [0.4, 0.5) is 0 Å². The standard InChI is InChI=1S/C8H14O2/c1-8(2,3)10-7-5-4-6(7)9/h7H,4-5H2,1-3H3. The third kappa shape index (κ3) is 1.81. The van der Waals surface area contributed by atoms with Gasteiger partial charge in [0.05, 0.1) is 5.60 Å². The van der Waals surface area contributed by atoms with Crippen LogP contribution in [-0.2, 0) is 9.53 Å². The van der Waals surface area contributed by atoms with Crippen molar-refractivity contribution in [1.29, 1.82) is 0 Å². The summed E-state index contributed by atoms with van der Waals surface area (Å²) < 4.78 is 5.44. The van der Waals surface area contributed by atoms with Gasteiger partial charge in [0.2, 0.25) is 0 Å². The van der Waals surface area contributed by atoms with E-state index in [1.54, 1.807) is 0 Å². The molecule has 2 heteroatoms. The van der Waals surface area contributed by atoms with Crippen molar-refractivity contribution in [2.75, 3.05) is 0 Å². The first-order valence-electron chi connectivity index (χ1n) is 3.69. The number of carbonyl (C=O) groups excluding carboxylic acids is 1. The number of ketones is 1. The van der Waals surface area contributed by atoms with E-state index in [1.807, 2.05) is 20.8 Å². The molecule has 0 spiro atoms. The summed E-state index contributed by atoms with van der Waals surface area (Å²) in [6.45, 7) is 5.91. The summed E-state index contributed by atoms with van der Waals surface area (Å²) in [5.74, 6) is 0.259. The first-order chi connectivity index (χ1) is 4.49. The third-order valence-electron chi connectivity index (χ3n) is 1.51. The van der Waals surface area contributed by atoms with Crippen LogP contribution in [0.25, 0.3) is 0 Å². The molecular formula is C8H14O2. The fourth-order valence-corrected chi connectivity index (χ4v) is 0.931. The van der Waals surface area contributed by atoms with Crippen LogP contribution >= 0.6 is 0 Å². The minimum Gasteiger partial charge on any atom is -0.365 e. The molecule has 1 atom stereocenters. The smallest absolute Gasteiger partial charge is 0.161 e. The summed E-state index contributed by atoms with van der Waals surface area (Å²) in [5.41, 5.74) is -0.166. The molecule has 10 heavy (non-hydrogen) atoms. The van der Waals surface area contributed by atoms with Gasteiger partial charge in [0.25, 0.3) is 0 Å². The normalized spacial score (nSPS) is 26.3. The van der Waals surface area contributed by atoms with Gasteiger partial charge < -0.3 is 4.74 Å². The molecule has 58 valence electrons. The summed E-state index contributed by atoms with van der Waals surface area (Å²) >= 11 is 0. The molecule has 0 aromatic heterocycles. The van der Waals surface area contributed by atoms with Crippen molar-refractivity contribution in [1.82, 2.24) is 0 Å². The zero-order chi connectivity index (χ0) is 7.78. The second kappa shape index (κ2) is 2.35. The summed E-state index contributed by atoms with van der Waals surface area (Å²) in [5, 5.41) is 0. The molecular weight excluding hydrogens is 128 g/mol. The van der Waals surface area contributed by atoms with E-state index in [-0.39, 0.29) is 17.5 Å². The topological polar surface area (TPSA) is 26.3 Å². The van der Waals surface area contributed by atoms with E-state index in [9.17, 15) is 4.79 Å². The van der Waals surface area contributed by atoms with Crippen molar-refractivity contribution < 1.29 is 9.53 Å². The Morgan fingerprint density at radius 2 is 2.10 bits per heavy atom. The number of hydrogen-bond acceptors (Lipinski definition) is 2. The molecule has 0 bridgehead atoms. The van der Waals surface area contributed by atoms with Gasteiger partial charge in [-0.3, -0.25) is 4.79 Å². The highest BCUT2D eigenvalue weighted by Crippen LogP contribution is 2.23. The number of ether oxygens (including phenoxy) is 1. The molecule has 1 rings (SSSR count). The van der Waals surface area contributed by atoms with E-state index in [0.29, 0.717) is 6.42 Å². The predicted octanol–water partition coefficient (Wildman–Crippen LogP) is 1.53. The first-order valence-corrected chi connectivity index (χ1v) is 3.69. The van der Waals surface area contributed by atoms with Crippen molar-refractivity contribution in [3.05, 3.63) is 0 Å². The lowest BCUT2D eigenvalue weighted by molar-refractivity contribution is -0.152. The lowest BCUT2D eigenvalue weighted by Gasteiger charge is -2.31. The average molecular weight is 142 g/mol. The van der Waals surface area contributed by atoms with Crippen molar-refractivity contribution in [2.24, 2.45) is 0 Å². The second-order valence-electron chi connectivity index (χ2n) is 3.72. The Bertz CT molecular complexity index is 144. The molecule has 1 unspecified atom stereocenters. The van der Waals surface area contributed by atoms with Crippen LogP contribution in [-0.4, -0.2) is 17.5 Å². The van der Waals surface area contributed by atoms with Gasteiger partial charge in [-0.25, -0.2) is 0 Å². The second-order valence-corrected chi connectivity index (χ2v) is 3.72. The fourth-order valence-electron chi connectivity index (χ4n) is 0.931. The predicted molar refractivity (Wildman–Crippen MR) is 38.9 cm³/mol. The highest BCUT2D eigenvalue weighted by atomic mass is 16.5. The maximum atomic E-state index is 10.8. The lowest BCUT2D eigenvalue weighted by atomic mass is 9.93. The van der Waals surface area contributed by atoms with Gasteiger partial charge in [-0.2, -0.15) is 0 Å². The van der Waals surface area contributed by atoms with Gasteiger partial charge in [0.15, 0.2) is 5.78 Å². The summed E-state index contributed by atoms with van der Waals surface area (Å²) in [7, 11) is 0. The Hall–Kier alpha value is -0.370. The van der Waals surface area contributed by atoms with Crippen LogP contribution in [0.15, 0.2) is 0 Å². The molecule has 0 N–H and O–H groups in total. The molecule has 2 nitrogen and oxygen atoms in total. The number of hydrogen-bond donors (Lipinski definition) is 0. The molecule has 0 aliphatic heterocycles. The molecule has 0 saturated heterocycles. The van der Waals surface area contributed by atoms with Gasteiger partial charge in [-0.15, -0.1) is 0 Å². The molecule has 0 heterocycles. The van der Waals surface area contributed by atoms with Crippen LogP contribution in [0.3, 0.4) is 0 Å². The molecule has 0 aromatic rings. The van der Waals surface area contributed by atoms with Crippen molar-refractivity contribution in [2.45, 2.75) is 45.3 Å². The Morgan fingerprint density at radius 1 is 1.50 bits per heavy atom. The minimum atomic E-state index is -0.166. The third-order valence-corrected chi connectivity index (χ3v) is 1.51. The molecule has 0 aromatic carbocycles. The van der Waals surface area contributed by atoms with E-state index in [1.165, 1.54) is 0 Å². The van der Waals surface area contributed by atoms with E-state index in [2.05, 4.69) is 0 Å².